The van der Waals surface area contributed by atoms with Crippen LogP contribution in [0.5, 0.6) is 0 Å². The zero-order chi connectivity index (χ0) is 17.1. The second-order valence-corrected chi connectivity index (χ2v) is 6.03. The van der Waals surface area contributed by atoms with E-state index in [1.165, 1.54) is 10.7 Å². The lowest BCUT2D eigenvalue weighted by atomic mass is 10.2. The Morgan fingerprint density at radius 2 is 2.20 bits per heavy atom. The lowest BCUT2D eigenvalue weighted by Gasteiger charge is -2.22. The van der Waals surface area contributed by atoms with E-state index >= 15 is 0 Å². The van der Waals surface area contributed by atoms with Crippen molar-refractivity contribution in [3.8, 4) is 5.69 Å². The summed E-state index contributed by atoms with van der Waals surface area (Å²) in [4.78, 5) is 18.7. The van der Waals surface area contributed by atoms with Crippen molar-refractivity contribution in [3.05, 3.63) is 41.7 Å². The van der Waals surface area contributed by atoms with E-state index in [9.17, 15) is 9.18 Å². The van der Waals surface area contributed by atoms with E-state index in [0.29, 0.717) is 17.9 Å². The Bertz CT molecular complexity index is 730. The molecule has 1 unspecified atom stereocenters. The first kappa shape index (κ1) is 19.3. The van der Waals surface area contributed by atoms with Crippen LogP contribution in [0, 0.1) is 5.82 Å². The van der Waals surface area contributed by atoms with E-state index in [1.807, 2.05) is 6.92 Å². The molecule has 1 aliphatic rings. The van der Waals surface area contributed by atoms with Gasteiger partial charge in [-0.1, -0.05) is 19.1 Å². The molecule has 6 nitrogen and oxygen atoms in total. The van der Waals surface area contributed by atoms with E-state index < -0.39 is 0 Å². The molecule has 1 amide bonds. The van der Waals surface area contributed by atoms with Gasteiger partial charge in [0.2, 0.25) is 5.82 Å². The van der Waals surface area contributed by atoms with Gasteiger partial charge >= 0.3 is 0 Å². The Labute approximate surface area is 152 Å². The molecule has 1 aliphatic heterocycles. The van der Waals surface area contributed by atoms with E-state index in [1.54, 1.807) is 30.1 Å². The fourth-order valence-corrected chi connectivity index (χ4v) is 2.93. The molecule has 3 rings (SSSR count). The number of aromatic nitrogens is 3. The summed E-state index contributed by atoms with van der Waals surface area (Å²) in [7, 11) is 1.77. The molecule has 136 valence electrons. The summed E-state index contributed by atoms with van der Waals surface area (Å²) in [6.45, 7) is 3.69. The molecule has 2 heterocycles. The second-order valence-electron chi connectivity index (χ2n) is 6.03. The van der Waals surface area contributed by atoms with Crippen molar-refractivity contribution in [2.24, 2.45) is 0 Å². The highest BCUT2D eigenvalue weighted by atomic mass is 35.5. The summed E-state index contributed by atoms with van der Waals surface area (Å²) in [5.74, 6) is 0.114. The Morgan fingerprint density at radius 3 is 2.84 bits per heavy atom. The van der Waals surface area contributed by atoms with Crippen molar-refractivity contribution >= 4 is 18.3 Å². The van der Waals surface area contributed by atoms with E-state index in [-0.39, 0.29) is 36.0 Å². The number of nitrogens with zero attached hydrogens (tertiary/aromatic N) is 4. The van der Waals surface area contributed by atoms with E-state index in [2.05, 4.69) is 15.4 Å². The number of hydrogen-bond acceptors (Lipinski definition) is 4. The summed E-state index contributed by atoms with van der Waals surface area (Å²) < 4.78 is 15.6. The third kappa shape index (κ3) is 3.99. The Hall–Kier alpha value is -1.99. The van der Waals surface area contributed by atoms with Gasteiger partial charge in [-0.3, -0.25) is 4.79 Å². The zero-order valence-electron chi connectivity index (χ0n) is 14.4. The minimum absolute atomic E-state index is 0. The largest absolute Gasteiger partial charge is 0.335 e. The highest BCUT2D eigenvalue weighted by molar-refractivity contribution is 5.90. The van der Waals surface area contributed by atoms with E-state index in [4.69, 9.17) is 0 Å². The van der Waals surface area contributed by atoms with E-state index in [0.717, 1.165) is 25.9 Å². The molecule has 25 heavy (non-hydrogen) atoms. The lowest BCUT2D eigenvalue weighted by molar-refractivity contribution is 0.0731. The van der Waals surface area contributed by atoms with Crippen molar-refractivity contribution in [1.82, 2.24) is 25.0 Å². The molecular weight excluding hydrogens is 345 g/mol. The number of rotatable bonds is 5. The minimum atomic E-state index is -0.382. The van der Waals surface area contributed by atoms with Gasteiger partial charge in [-0.05, 0) is 31.5 Å². The third-order valence-electron chi connectivity index (χ3n) is 4.32. The topological polar surface area (TPSA) is 63.1 Å². The first-order valence-electron chi connectivity index (χ1n) is 8.30. The molecule has 1 atom stereocenters. The Kier molecular flexibility index (Phi) is 6.50. The fraction of sp³-hybridized carbons (Fsp3) is 0.471. The maximum Gasteiger partial charge on any atom is 0.293 e. The van der Waals surface area contributed by atoms with Gasteiger partial charge in [0.15, 0.2) is 0 Å². The molecule has 1 aromatic heterocycles. The monoisotopic (exact) mass is 367 g/mol. The molecule has 1 saturated heterocycles. The van der Waals surface area contributed by atoms with Crippen LogP contribution in [0.25, 0.3) is 5.69 Å². The number of benzene rings is 1. The van der Waals surface area contributed by atoms with Gasteiger partial charge in [-0.2, -0.15) is 0 Å². The summed E-state index contributed by atoms with van der Waals surface area (Å²) >= 11 is 0. The molecule has 1 fully saturated rings. The van der Waals surface area contributed by atoms with Crippen LogP contribution in [0.3, 0.4) is 0 Å². The SMILES string of the molecule is CCCc1nc(C(=O)N(C)C2CCNC2)nn1-c1ccccc1F.Cl. The van der Waals surface area contributed by atoms with Gasteiger partial charge < -0.3 is 10.2 Å². The quantitative estimate of drug-likeness (QED) is 0.880. The van der Waals surface area contributed by atoms with Crippen LogP contribution in [0.15, 0.2) is 24.3 Å². The average Bonchev–Trinajstić information content (AvgIpc) is 3.24. The van der Waals surface area contributed by atoms with Crippen molar-refractivity contribution in [2.45, 2.75) is 32.2 Å². The molecule has 1 aromatic carbocycles. The summed E-state index contributed by atoms with van der Waals surface area (Å²) in [6, 6.07) is 6.54. The standard InChI is InChI=1S/C17H22FN5O.ClH/c1-3-6-15-20-16(17(24)22(2)12-9-10-19-11-12)21-23(15)14-8-5-4-7-13(14)18;/h4-5,7-8,12,19H,3,6,9-11H2,1-2H3;1H. The van der Waals surface area contributed by atoms with Gasteiger partial charge in [0, 0.05) is 26.1 Å². The first-order chi connectivity index (χ1) is 11.6. The molecule has 1 N–H and O–H groups in total. The van der Waals surface area contributed by atoms with Gasteiger partial charge in [0.05, 0.1) is 0 Å². The average molecular weight is 368 g/mol. The van der Waals surface area contributed by atoms with Crippen LogP contribution < -0.4 is 5.32 Å². The normalized spacial score (nSPS) is 16.5. The Morgan fingerprint density at radius 1 is 1.44 bits per heavy atom. The number of carbonyl (C=O) groups excluding carboxylic acids is 1. The summed E-state index contributed by atoms with van der Waals surface area (Å²) in [5, 5.41) is 7.55. The van der Waals surface area contributed by atoms with Crippen molar-refractivity contribution in [3.63, 3.8) is 0 Å². The van der Waals surface area contributed by atoms with Crippen molar-refractivity contribution in [2.75, 3.05) is 20.1 Å². The number of nitrogens with one attached hydrogen (secondary N) is 1. The van der Waals surface area contributed by atoms with Crippen molar-refractivity contribution < 1.29 is 9.18 Å². The molecule has 8 heteroatoms. The fourth-order valence-electron chi connectivity index (χ4n) is 2.93. The minimum Gasteiger partial charge on any atom is -0.335 e. The van der Waals surface area contributed by atoms with Crippen LogP contribution >= 0.6 is 12.4 Å². The lowest BCUT2D eigenvalue weighted by Crippen LogP contribution is -2.38. The molecule has 0 radical (unpaired) electrons. The molecule has 2 aromatic rings. The number of amides is 1. The van der Waals surface area contributed by atoms with Crippen LogP contribution in [0.2, 0.25) is 0 Å². The number of likely N-dealkylation sites (N-methyl/N-ethyl adjacent to an activating group) is 1. The maximum absolute atomic E-state index is 14.1. The third-order valence-corrected chi connectivity index (χ3v) is 4.32. The predicted octanol–water partition coefficient (Wildman–Crippen LogP) is 2.21. The van der Waals surface area contributed by atoms with Gasteiger partial charge in [-0.25, -0.2) is 14.1 Å². The summed E-state index contributed by atoms with van der Waals surface area (Å²) in [6.07, 6.45) is 2.38. The number of carbonyl (C=O) groups is 1. The number of hydrogen-bond donors (Lipinski definition) is 1. The van der Waals surface area contributed by atoms with Gasteiger partial charge in [0.1, 0.15) is 17.3 Å². The highest BCUT2D eigenvalue weighted by Crippen LogP contribution is 2.17. The highest BCUT2D eigenvalue weighted by Gasteiger charge is 2.27. The van der Waals surface area contributed by atoms with Crippen LogP contribution in [-0.4, -0.2) is 51.8 Å². The van der Waals surface area contributed by atoms with Gasteiger partial charge in [-0.15, -0.1) is 17.5 Å². The van der Waals surface area contributed by atoms with Gasteiger partial charge in [0.25, 0.3) is 5.91 Å². The number of halogens is 2. The molecule has 0 aliphatic carbocycles. The second kappa shape index (κ2) is 8.40. The Balaban J connectivity index is 0.00000225. The predicted molar refractivity (Wildman–Crippen MR) is 95.9 cm³/mol. The summed E-state index contributed by atoms with van der Waals surface area (Å²) in [5.41, 5.74) is 0.317. The van der Waals surface area contributed by atoms with Crippen LogP contribution in [0.4, 0.5) is 4.39 Å². The smallest absolute Gasteiger partial charge is 0.293 e. The molecule has 0 saturated carbocycles. The van der Waals surface area contributed by atoms with Crippen LogP contribution in [-0.2, 0) is 6.42 Å². The zero-order valence-corrected chi connectivity index (χ0v) is 15.2. The maximum atomic E-state index is 14.1. The van der Waals surface area contributed by atoms with Crippen LogP contribution in [0.1, 0.15) is 36.2 Å². The first-order valence-corrected chi connectivity index (χ1v) is 8.30. The number of aryl methyl sites for hydroxylation is 1. The molecule has 0 bridgehead atoms. The molecular formula is C17H23ClFN5O. The number of para-hydroxylation sites is 1. The molecule has 0 spiro atoms. The van der Waals surface area contributed by atoms with Crippen molar-refractivity contribution in [1.29, 1.82) is 0 Å².